The molecule has 0 unspecified atom stereocenters. The fraction of sp³-hybridized carbons (Fsp3) is 0.391. The Bertz CT molecular complexity index is 1000. The van der Waals surface area contributed by atoms with Crippen molar-refractivity contribution in [1.82, 2.24) is 10.2 Å². The molecule has 1 saturated heterocycles. The molecule has 7 heteroatoms. The molecule has 2 atom stereocenters. The second kappa shape index (κ2) is 7.54. The van der Waals surface area contributed by atoms with Gasteiger partial charge in [-0.25, -0.2) is 0 Å². The number of nitrogens with one attached hydrogen (secondary N) is 1. The molecule has 2 aromatic rings. The minimum atomic E-state index is -0.589. The lowest BCUT2D eigenvalue weighted by Gasteiger charge is -2.29. The molecular weight excluding hydrogens is 400 g/mol. The van der Waals surface area contributed by atoms with Crippen LogP contribution in [-0.4, -0.2) is 41.7 Å². The molecule has 0 aliphatic carbocycles. The summed E-state index contributed by atoms with van der Waals surface area (Å²) in [6, 6.07) is 11.2. The molecule has 6 nitrogen and oxygen atoms in total. The van der Waals surface area contributed by atoms with Crippen LogP contribution < -0.4 is 14.8 Å². The first kappa shape index (κ1) is 20.6. The summed E-state index contributed by atoms with van der Waals surface area (Å²) in [6.45, 7) is 6.48. The first-order valence-corrected chi connectivity index (χ1v) is 10.7. The summed E-state index contributed by atoms with van der Waals surface area (Å²) in [5.74, 6) is 0.587. The van der Waals surface area contributed by atoms with Crippen molar-refractivity contribution in [1.29, 1.82) is 0 Å². The SMILES string of the molecule is COc1ccc2c(c1OC)C(=O)N1[C@@H]2SC(C)(C)[C@@H]1C(=O)NCc1ccc(C)cc1. The zero-order chi connectivity index (χ0) is 21.6. The minimum absolute atomic E-state index is 0.150. The van der Waals surface area contributed by atoms with Gasteiger partial charge in [-0.05, 0) is 32.4 Å². The van der Waals surface area contributed by atoms with E-state index in [1.165, 1.54) is 12.7 Å². The van der Waals surface area contributed by atoms with E-state index in [4.69, 9.17) is 9.47 Å². The van der Waals surface area contributed by atoms with Crippen LogP contribution in [0.3, 0.4) is 0 Å². The zero-order valence-corrected chi connectivity index (χ0v) is 18.6. The molecule has 1 fully saturated rings. The number of thioether (sulfide) groups is 1. The number of ether oxygens (including phenoxy) is 2. The lowest BCUT2D eigenvalue weighted by atomic mass is 10.0. The first-order chi connectivity index (χ1) is 14.3. The number of hydrogen-bond acceptors (Lipinski definition) is 5. The summed E-state index contributed by atoms with van der Waals surface area (Å²) in [6.07, 6.45) is 0. The minimum Gasteiger partial charge on any atom is -0.493 e. The summed E-state index contributed by atoms with van der Waals surface area (Å²) in [7, 11) is 3.07. The maximum Gasteiger partial charge on any atom is 0.260 e. The summed E-state index contributed by atoms with van der Waals surface area (Å²) < 4.78 is 10.4. The molecule has 0 aromatic heterocycles. The van der Waals surface area contributed by atoms with Gasteiger partial charge in [-0.2, -0.15) is 0 Å². The molecule has 0 radical (unpaired) electrons. The fourth-order valence-corrected chi connectivity index (χ4v) is 5.83. The highest BCUT2D eigenvalue weighted by atomic mass is 32.2. The average Bonchev–Trinajstić information content (AvgIpc) is 3.15. The van der Waals surface area contributed by atoms with E-state index in [2.05, 4.69) is 5.32 Å². The van der Waals surface area contributed by atoms with Gasteiger partial charge in [0.05, 0.1) is 19.8 Å². The molecule has 2 aliphatic rings. The van der Waals surface area contributed by atoms with Gasteiger partial charge in [0.2, 0.25) is 5.91 Å². The second-order valence-corrected chi connectivity index (χ2v) is 9.89. The largest absolute Gasteiger partial charge is 0.493 e. The maximum absolute atomic E-state index is 13.4. The first-order valence-electron chi connectivity index (χ1n) is 9.87. The number of benzene rings is 2. The molecule has 1 N–H and O–H groups in total. The Morgan fingerprint density at radius 2 is 1.83 bits per heavy atom. The maximum atomic E-state index is 13.4. The van der Waals surface area contributed by atoms with Crippen LogP contribution in [0.1, 0.15) is 46.3 Å². The number of nitrogens with zero attached hydrogens (tertiary/aromatic N) is 1. The smallest absolute Gasteiger partial charge is 0.260 e. The van der Waals surface area contributed by atoms with Crippen molar-refractivity contribution in [2.24, 2.45) is 0 Å². The highest BCUT2D eigenvalue weighted by Crippen LogP contribution is 2.58. The molecule has 4 rings (SSSR count). The summed E-state index contributed by atoms with van der Waals surface area (Å²) in [4.78, 5) is 28.4. The van der Waals surface area contributed by atoms with E-state index in [0.29, 0.717) is 23.6 Å². The number of hydrogen-bond donors (Lipinski definition) is 1. The molecule has 2 aliphatic heterocycles. The Morgan fingerprint density at radius 3 is 2.47 bits per heavy atom. The number of aryl methyl sites for hydroxylation is 1. The van der Waals surface area contributed by atoms with Crippen LogP contribution in [0.4, 0.5) is 0 Å². The number of fused-ring (bicyclic) bond motifs is 3. The molecule has 30 heavy (non-hydrogen) atoms. The van der Waals surface area contributed by atoms with Crippen molar-refractivity contribution in [3.63, 3.8) is 0 Å². The predicted molar refractivity (Wildman–Crippen MR) is 117 cm³/mol. The van der Waals surface area contributed by atoms with E-state index in [-0.39, 0.29) is 17.2 Å². The van der Waals surface area contributed by atoms with Gasteiger partial charge in [0.25, 0.3) is 5.91 Å². The molecular formula is C23H26N2O4S. The van der Waals surface area contributed by atoms with Gasteiger partial charge in [0, 0.05) is 16.9 Å². The fourth-order valence-electron chi connectivity index (χ4n) is 4.25. The monoisotopic (exact) mass is 426 g/mol. The van der Waals surface area contributed by atoms with Crippen molar-refractivity contribution < 1.29 is 19.1 Å². The number of carbonyl (C=O) groups excluding carboxylic acids is 2. The van der Waals surface area contributed by atoms with Crippen LogP contribution >= 0.6 is 11.8 Å². The third-order valence-electron chi connectivity index (χ3n) is 5.73. The summed E-state index contributed by atoms with van der Waals surface area (Å²) >= 11 is 1.63. The highest BCUT2D eigenvalue weighted by molar-refractivity contribution is 8.01. The number of methoxy groups -OCH3 is 2. The molecule has 2 aromatic carbocycles. The lowest BCUT2D eigenvalue weighted by Crippen LogP contribution is -2.52. The van der Waals surface area contributed by atoms with E-state index < -0.39 is 10.8 Å². The Balaban J connectivity index is 1.63. The molecule has 2 amide bonds. The average molecular weight is 427 g/mol. The molecule has 158 valence electrons. The summed E-state index contributed by atoms with van der Waals surface area (Å²) in [5.41, 5.74) is 3.55. The van der Waals surface area contributed by atoms with Gasteiger partial charge < -0.3 is 19.7 Å². The van der Waals surface area contributed by atoms with E-state index in [1.54, 1.807) is 23.8 Å². The molecule has 2 heterocycles. The Morgan fingerprint density at radius 1 is 1.13 bits per heavy atom. The highest BCUT2D eigenvalue weighted by Gasteiger charge is 2.58. The van der Waals surface area contributed by atoms with Crippen molar-refractivity contribution >= 4 is 23.6 Å². The van der Waals surface area contributed by atoms with Crippen molar-refractivity contribution in [3.8, 4) is 11.5 Å². The van der Waals surface area contributed by atoms with Crippen LogP contribution in [0, 0.1) is 6.92 Å². The molecule has 0 spiro atoms. The van der Waals surface area contributed by atoms with Crippen LogP contribution in [0.2, 0.25) is 0 Å². The third kappa shape index (κ3) is 3.21. The summed E-state index contributed by atoms with van der Waals surface area (Å²) in [5, 5.41) is 2.80. The van der Waals surface area contributed by atoms with E-state index in [1.807, 2.05) is 57.2 Å². The Labute approximate surface area is 180 Å². The van der Waals surface area contributed by atoms with Gasteiger partial charge >= 0.3 is 0 Å². The van der Waals surface area contributed by atoms with Gasteiger partial charge in [0.15, 0.2) is 11.5 Å². The number of rotatable bonds is 5. The van der Waals surface area contributed by atoms with Gasteiger partial charge in [-0.1, -0.05) is 35.9 Å². The molecule has 0 bridgehead atoms. The Hall–Kier alpha value is -2.67. The zero-order valence-electron chi connectivity index (χ0n) is 17.8. The van der Waals surface area contributed by atoms with E-state index in [0.717, 1.165) is 11.1 Å². The van der Waals surface area contributed by atoms with Crippen LogP contribution in [0.25, 0.3) is 0 Å². The van der Waals surface area contributed by atoms with E-state index >= 15 is 0 Å². The number of amides is 2. The Kier molecular flexibility index (Phi) is 5.18. The van der Waals surface area contributed by atoms with Crippen LogP contribution in [-0.2, 0) is 11.3 Å². The van der Waals surface area contributed by atoms with E-state index in [9.17, 15) is 9.59 Å². The molecule has 0 saturated carbocycles. The van der Waals surface area contributed by atoms with Crippen molar-refractivity contribution in [2.45, 2.75) is 43.5 Å². The second-order valence-electron chi connectivity index (χ2n) is 8.16. The quantitative estimate of drug-likeness (QED) is 0.790. The normalized spacial score (nSPS) is 21.2. The van der Waals surface area contributed by atoms with Crippen LogP contribution in [0.15, 0.2) is 36.4 Å². The topological polar surface area (TPSA) is 67.9 Å². The third-order valence-corrected chi connectivity index (χ3v) is 7.27. The van der Waals surface area contributed by atoms with Crippen molar-refractivity contribution in [2.75, 3.05) is 14.2 Å². The standard InChI is InChI=1S/C23H26N2O4S/c1-13-6-8-14(9-7-13)12-24-20(26)19-23(2,3)30-22-15-10-11-16(28-4)18(29-5)17(15)21(27)25(19)22/h6-11,19,22H,12H2,1-5H3,(H,24,26)/t19-,22+/m0/s1. The predicted octanol–water partition coefficient (Wildman–Crippen LogP) is 3.68. The number of carbonyl (C=O) groups is 2. The lowest BCUT2D eigenvalue weighted by molar-refractivity contribution is -0.126. The van der Waals surface area contributed by atoms with Gasteiger partial charge in [0.1, 0.15) is 11.4 Å². The van der Waals surface area contributed by atoms with Crippen LogP contribution in [0.5, 0.6) is 11.5 Å². The van der Waals surface area contributed by atoms with Crippen molar-refractivity contribution in [3.05, 3.63) is 58.7 Å². The van der Waals surface area contributed by atoms with Gasteiger partial charge in [-0.3, -0.25) is 9.59 Å². The van der Waals surface area contributed by atoms with Gasteiger partial charge in [-0.15, -0.1) is 11.8 Å².